The predicted octanol–water partition coefficient (Wildman–Crippen LogP) is 8.40. The molecule has 0 bridgehead atoms. The molecule has 1 N–H and O–H groups in total. The Labute approximate surface area is 230 Å². The van der Waals surface area contributed by atoms with Crippen LogP contribution in [-0.4, -0.2) is 15.9 Å². The Balaban J connectivity index is 0.000000356. The predicted molar refractivity (Wildman–Crippen MR) is 147 cm³/mol. The summed E-state index contributed by atoms with van der Waals surface area (Å²) < 4.78 is 6.44. The van der Waals surface area contributed by atoms with Crippen LogP contribution in [-0.2, 0) is 30.3 Å². The van der Waals surface area contributed by atoms with Crippen molar-refractivity contribution in [1.82, 2.24) is 4.98 Å². The van der Waals surface area contributed by atoms with Crippen LogP contribution in [0, 0.1) is 6.07 Å². The molecule has 0 amide bonds. The normalized spacial score (nSPS) is 13.8. The van der Waals surface area contributed by atoms with Gasteiger partial charge in [0.2, 0.25) is 0 Å². The van der Waals surface area contributed by atoms with E-state index in [9.17, 15) is 4.79 Å². The average molecular weight is 669 g/mol. The maximum absolute atomic E-state index is 10.0. The summed E-state index contributed by atoms with van der Waals surface area (Å²) in [6.07, 6.45) is 3.03. The molecule has 3 aromatic carbocycles. The molecule has 1 radical (unpaired) electrons. The number of ketones is 1. The Bertz CT molecular complexity index is 1690. The largest absolute Gasteiger partial charge is 0.512 e. The topological polar surface area (TPSA) is 63.3 Å². The number of rotatable bonds is 2. The van der Waals surface area contributed by atoms with Crippen molar-refractivity contribution in [2.45, 2.75) is 52.9 Å². The molecule has 0 fully saturated rings. The van der Waals surface area contributed by atoms with Crippen molar-refractivity contribution >= 4 is 38.5 Å². The van der Waals surface area contributed by atoms with Gasteiger partial charge < -0.3 is 9.52 Å². The number of hydrogen-bond donors (Lipinski definition) is 1. The summed E-state index contributed by atoms with van der Waals surface area (Å²) in [5.41, 5.74) is 7.61. The number of allylic oxidation sites excluding steroid dienone is 2. The van der Waals surface area contributed by atoms with Gasteiger partial charge in [-0.05, 0) is 42.4 Å². The molecule has 0 aliphatic heterocycles. The smallest absolute Gasteiger partial charge is 0.155 e. The molecule has 1 aliphatic rings. The molecule has 191 valence electrons. The van der Waals surface area contributed by atoms with E-state index < -0.39 is 0 Å². The molecular weight excluding hydrogens is 639 g/mol. The van der Waals surface area contributed by atoms with Gasteiger partial charge in [0.05, 0.1) is 5.76 Å². The fourth-order valence-corrected chi connectivity index (χ4v) is 5.29. The summed E-state index contributed by atoms with van der Waals surface area (Å²) in [5.74, 6) is 0.330. The monoisotopic (exact) mass is 669 g/mol. The van der Waals surface area contributed by atoms with Crippen LogP contribution in [0.4, 0.5) is 0 Å². The van der Waals surface area contributed by atoms with Crippen LogP contribution in [0.1, 0.15) is 64.2 Å². The van der Waals surface area contributed by atoms with Gasteiger partial charge in [-0.25, -0.2) is 0 Å². The van der Waals surface area contributed by atoms with Crippen molar-refractivity contribution < 1.29 is 34.4 Å². The second-order valence-corrected chi connectivity index (χ2v) is 10.4. The summed E-state index contributed by atoms with van der Waals surface area (Å²) in [5, 5.41) is 13.0. The van der Waals surface area contributed by atoms with E-state index in [4.69, 9.17) is 14.5 Å². The average Bonchev–Trinajstić information content (AvgIpc) is 3.18. The van der Waals surface area contributed by atoms with Gasteiger partial charge in [0.1, 0.15) is 11.2 Å². The number of pyridine rings is 1. The number of furan rings is 1. The van der Waals surface area contributed by atoms with Crippen LogP contribution >= 0.6 is 0 Å². The van der Waals surface area contributed by atoms with Gasteiger partial charge in [0, 0.05) is 48.8 Å². The molecular formula is C32H30IrNO3-. The third kappa shape index (κ3) is 4.52. The summed E-state index contributed by atoms with van der Waals surface area (Å²) in [4.78, 5) is 14.9. The quantitative estimate of drug-likeness (QED) is 0.117. The van der Waals surface area contributed by atoms with Gasteiger partial charge in [-0.1, -0.05) is 74.5 Å². The zero-order valence-corrected chi connectivity index (χ0v) is 24.3. The van der Waals surface area contributed by atoms with Crippen molar-refractivity contribution in [2.24, 2.45) is 0 Å². The Kier molecular flexibility index (Phi) is 7.16. The number of carbonyl (C=O) groups excluding carboxylic acids is 1. The first-order valence-corrected chi connectivity index (χ1v) is 12.3. The third-order valence-electron chi connectivity index (χ3n) is 6.97. The molecule has 2 aromatic heterocycles. The number of fused-ring (bicyclic) bond motifs is 3. The first-order chi connectivity index (χ1) is 17.1. The summed E-state index contributed by atoms with van der Waals surface area (Å²) >= 11 is 0. The molecule has 0 unspecified atom stereocenters. The standard InChI is InChI=1S/C27H22NO.C5H8O2.Ir/c1-15(2)18-9-10-20-23-24-22(29-26(18)23)11-12-28-25(24)19-13-16-7-5-6-8-17(16)14-21(19)27(20,3)4;1-4(6)3-5(2)7;/h5-12,14-15H,1-4H3;3,6H,1-2H3;/q-1;;/b;4-3-;. The van der Waals surface area contributed by atoms with Crippen LogP contribution in [0.15, 0.2) is 71.0 Å². The van der Waals surface area contributed by atoms with Crippen molar-refractivity contribution in [3.63, 3.8) is 0 Å². The molecule has 0 saturated carbocycles. The molecule has 1 aliphatic carbocycles. The maximum Gasteiger partial charge on any atom is 0.155 e. The summed E-state index contributed by atoms with van der Waals surface area (Å²) in [7, 11) is 0. The van der Waals surface area contributed by atoms with Crippen LogP contribution < -0.4 is 0 Å². The van der Waals surface area contributed by atoms with Crippen molar-refractivity contribution in [3.05, 3.63) is 89.3 Å². The zero-order valence-electron chi connectivity index (χ0n) is 21.9. The van der Waals surface area contributed by atoms with Crippen molar-refractivity contribution in [2.75, 3.05) is 0 Å². The summed E-state index contributed by atoms with van der Waals surface area (Å²) in [6, 6.07) is 21.0. The number of hydrogen-bond acceptors (Lipinski definition) is 4. The van der Waals surface area contributed by atoms with E-state index in [1.54, 1.807) is 0 Å². The minimum Gasteiger partial charge on any atom is -0.512 e. The summed E-state index contributed by atoms with van der Waals surface area (Å²) in [6.45, 7) is 11.9. The number of benzene rings is 3. The van der Waals surface area contributed by atoms with Gasteiger partial charge in [0.25, 0.3) is 0 Å². The molecule has 0 atom stereocenters. The first-order valence-electron chi connectivity index (χ1n) is 12.3. The van der Waals surface area contributed by atoms with Crippen molar-refractivity contribution in [3.8, 4) is 11.3 Å². The fraction of sp³-hybridized carbons (Fsp3) is 0.250. The number of carbonyl (C=O) groups is 1. The zero-order chi connectivity index (χ0) is 25.8. The molecule has 37 heavy (non-hydrogen) atoms. The van der Waals surface area contributed by atoms with Gasteiger partial charge >= 0.3 is 0 Å². The number of aromatic nitrogens is 1. The van der Waals surface area contributed by atoms with Gasteiger partial charge in [-0.3, -0.25) is 9.78 Å². The van der Waals surface area contributed by atoms with E-state index in [2.05, 4.69) is 76.2 Å². The Morgan fingerprint density at radius 1 is 1.05 bits per heavy atom. The van der Waals surface area contributed by atoms with Crippen LogP contribution in [0.3, 0.4) is 0 Å². The van der Waals surface area contributed by atoms with E-state index in [-0.39, 0.29) is 37.1 Å². The Morgan fingerprint density at radius 3 is 2.43 bits per heavy atom. The van der Waals surface area contributed by atoms with Crippen LogP contribution in [0.2, 0.25) is 0 Å². The van der Waals surface area contributed by atoms with Gasteiger partial charge in [0.15, 0.2) is 5.78 Å². The third-order valence-corrected chi connectivity index (χ3v) is 6.97. The van der Waals surface area contributed by atoms with E-state index in [1.807, 2.05) is 12.3 Å². The van der Waals surface area contributed by atoms with E-state index in [0.29, 0.717) is 5.92 Å². The maximum atomic E-state index is 10.0. The van der Waals surface area contributed by atoms with Gasteiger partial charge in [-0.15, -0.1) is 23.6 Å². The van der Waals surface area contributed by atoms with E-state index in [1.165, 1.54) is 47.4 Å². The first kappa shape index (κ1) is 26.8. The second-order valence-electron chi connectivity index (χ2n) is 10.4. The Morgan fingerprint density at radius 2 is 1.78 bits per heavy atom. The van der Waals surface area contributed by atoms with Crippen molar-refractivity contribution in [1.29, 1.82) is 0 Å². The number of nitrogens with zero attached hydrogens (tertiary/aromatic N) is 1. The number of aliphatic hydroxyl groups is 1. The van der Waals surface area contributed by atoms with E-state index >= 15 is 0 Å². The van der Waals surface area contributed by atoms with Crippen LogP contribution in [0.25, 0.3) is 44.0 Å². The SMILES string of the molecule is CC(=O)/C=C(/C)O.CC(C)c1ccc2c3c1oc1ccnc(c13)-c1[c-]c3ccccc3cc1C2(C)C.[Ir]. The molecule has 0 spiro atoms. The minimum absolute atomic E-state index is 0. The van der Waals surface area contributed by atoms with E-state index in [0.717, 1.165) is 33.2 Å². The molecule has 0 saturated heterocycles. The van der Waals surface area contributed by atoms with Gasteiger partial charge in [-0.2, -0.15) is 0 Å². The molecule has 5 heteroatoms. The molecule has 2 heterocycles. The Hall–Kier alpha value is -3.27. The second kappa shape index (κ2) is 9.89. The minimum atomic E-state index is -0.193. The fourth-order valence-electron chi connectivity index (χ4n) is 5.29. The number of aliphatic hydroxyl groups excluding tert-OH is 1. The molecule has 5 aromatic rings. The molecule has 4 nitrogen and oxygen atoms in total. The van der Waals surface area contributed by atoms with Crippen LogP contribution in [0.5, 0.6) is 0 Å². The molecule has 6 rings (SSSR count).